The number of amides is 2. The molecule has 11 nitrogen and oxygen atoms in total. The average molecular weight is 564 g/mol. The molecule has 1 unspecified atom stereocenters. The first kappa shape index (κ1) is 29.6. The van der Waals surface area contributed by atoms with Crippen molar-refractivity contribution in [1.29, 1.82) is 0 Å². The SMILES string of the molecule is CCOc1cc(NC(=O)C=C(C(=O)O)C(=O)O)c(Cl)cc1C(=O)NCC1CN(Cc2ccc(F)cc2)CCO1. The quantitative estimate of drug-likeness (QED) is 0.183. The zero-order valence-corrected chi connectivity index (χ0v) is 21.7. The molecule has 0 radical (unpaired) electrons. The van der Waals surface area contributed by atoms with Gasteiger partial charge in [0.1, 0.15) is 17.1 Å². The molecule has 4 N–H and O–H groups in total. The van der Waals surface area contributed by atoms with Crippen molar-refractivity contribution in [2.75, 3.05) is 38.2 Å². The molecular formula is C26H27ClFN3O8. The maximum Gasteiger partial charge on any atom is 0.343 e. The van der Waals surface area contributed by atoms with Gasteiger partial charge < -0.3 is 30.3 Å². The van der Waals surface area contributed by atoms with Crippen molar-refractivity contribution in [2.24, 2.45) is 0 Å². The van der Waals surface area contributed by atoms with Crippen LogP contribution in [0, 0.1) is 5.82 Å². The third kappa shape index (κ3) is 8.50. The zero-order valence-electron chi connectivity index (χ0n) is 20.9. The van der Waals surface area contributed by atoms with Gasteiger partial charge in [0.25, 0.3) is 5.91 Å². The maximum absolute atomic E-state index is 13.2. The van der Waals surface area contributed by atoms with Gasteiger partial charge in [0.15, 0.2) is 0 Å². The summed E-state index contributed by atoms with van der Waals surface area (Å²) < 4.78 is 24.5. The first-order valence-corrected chi connectivity index (χ1v) is 12.3. The van der Waals surface area contributed by atoms with E-state index < -0.39 is 29.3 Å². The van der Waals surface area contributed by atoms with Gasteiger partial charge >= 0.3 is 11.9 Å². The molecule has 208 valence electrons. The molecule has 0 aromatic heterocycles. The van der Waals surface area contributed by atoms with E-state index in [4.69, 9.17) is 31.3 Å². The van der Waals surface area contributed by atoms with Gasteiger partial charge in [0.2, 0.25) is 5.91 Å². The zero-order chi connectivity index (χ0) is 28.5. The number of rotatable bonds is 11. The summed E-state index contributed by atoms with van der Waals surface area (Å²) in [5.74, 6) is -5.33. The molecule has 1 heterocycles. The average Bonchev–Trinajstić information content (AvgIpc) is 2.89. The number of morpholine rings is 1. The van der Waals surface area contributed by atoms with Crippen LogP contribution in [0.15, 0.2) is 48.0 Å². The second-order valence-corrected chi connectivity index (χ2v) is 8.89. The number of aliphatic carboxylic acids is 2. The Hall–Kier alpha value is -4.00. The summed E-state index contributed by atoms with van der Waals surface area (Å²) in [6, 6.07) is 8.82. The van der Waals surface area contributed by atoms with Crippen molar-refractivity contribution in [2.45, 2.75) is 19.6 Å². The largest absolute Gasteiger partial charge is 0.493 e. The van der Waals surface area contributed by atoms with Crippen LogP contribution in [0.5, 0.6) is 5.75 Å². The fourth-order valence-corrected chi connectivity index (χ4v) is 4.02. The number of carbonyl (C=O) groups is 4. The van der Waals surface area contributed by atoms with Gasteiger partial charge in [-0.3, -0.25) is 14.5 Å². The van der Waals surface area contributed by atoms with E-state index in [2.05, 4.69) is 15.5 Å². The lowest BCUT2D eigenvalue weighted by atomic mass is 10.1. The fourth-order valence-electron chi connectivity index (χ4n) is 3.81. The highest BCUT2D eigenvalue weighted by Crippen LogP contribution is 2.31. The van der Waals surface area contributed by atoms with Crippen molar-refractivity contribution in [3.05, 3.63) is 70.0 Å². The number of ether oxygens (including phenoxy) is 2. The lowest BCUT2D eigenvalue weighted by Crippen LogP contribution is -2.47. The Balaban J connectivity index is 1.66. The van der Waals surface area contributed by atoms with Crippen molar-refractivity contribution in [1.82, 2.24) is 10.2 Å². The van der Waals surface area contributed by atoms with Crippen LogP contribution in [0.3, 0.4) is 0 Å². The highest BCUT2D eigenvalue weighted by molar-refractivity contribution is 6.34. The Morgan fingerprint density at radius 3 is 2.51 bits per heavy atom. The van der Waals surface area contributed by atoms with E-state index in [1.165, 1.54) is 24.3 Å². The highest BCUT2D eigenvalue weighted by atomic mass is 35.5. The minimum absolute atomic E-state index is 0.0138. The first-order chi connectivity index (χ1) is 18.6. The Morgan fingerprint density at radius 1 is 1.18 bits per heavy atom. The van der Waals surface area contributed by atoms with E-state index in [1.807, 2.05) is 0 Å². The van der Waals surface area contributed by atoms with Crippen LogP contribution in [-0.2, 0) is 25.7 Å². The number of carboxylic acids is 2. The van der Waals surface area contributed by atoms with Crippen LogP contribution < -0.4 is 15.4 Å². The third-order valence-electron chi connectivity index (χ3n) is 5.64. The predicted octanol–water partition coefficient (Wildman–Crippen LogP) is 2.54. The van der Waals surface area contributed by atoms with Gasteiger partial charge in [-0.2, -0.15) is 0 Å². The molecule has 2 aromatic rings. The van der Waals surface area contributed by atoms with E-state index in [1.54, 1.807) is 19.1 Å². The van der Waals surface area contributed by atoms with Crippen LogP contribution in [-0.4, -0.2) is 77.8 Å². The van der Waals surface area contributed by atoms with Gasteiger partial charge in [-0.1, -0.05) is 23.7 Å². The van der Waals surface area contributed by atoms with Crippen molar-refractivity contribution in [3.8, 4) is 5.75 Å². The molecule has 13 heteroatoms. The van der Waals surface area contributed by atoms with Gasteiger partial charge in [0, 0.05) is 38.3 Å². The Kier molecular flexibility index (Phi) is 10.4. The maximum atomic E-state index is 13.2. The van der Waals surface area contributed by atoms with Crippen LogP contribution in [0.4, 0.5) is 10.1 Å². The number of halogens is 2. The van der Waals surface area contributed by atoms with Crippen molar-refractivity contribution < 1.29 is 43.3 Å². The summed E-state index contributed by atoms with van der Waals surface area (Å²) in [6.45, 7) is 4.38. The van der Waals surface area contributed by atoms with E-state index in [-0.39, 0.29) is 47.1 Å². The van der Waals surface area contributed by atoms with E-state index in [0.29, 0.717) is 32.3 Å². The number of nitrogens with zero attached hydrogens (tertiary/aromatic N) is 1. The lowest BCUT2D eigenvalue weighted by molar-refractivity contribution is -0.140. The molecule has 1 atom stereocenters. The normalized spacial score (nSPS) is 15.2. The number of carbonyl (C=O) groups excluding carboxylic acids is 2. The molecule has 3 rings (SSSR count). The number of hydrogen-bond acceptors (Lipinski definition) is 7. The summed E-state index contributed by atoms with van der Waals surface area (Å²) in [5.41, 5.74) is -0.0982. The van der Waals surface area contributed by atoms with Crippen molar-refractivity contribution >= 4 is 41.0 Å². The molecule has 1 aliphatic rings. The van der Waals surface area contributed by atoms with Gasteiger partial charge in [-0.05, 0) is 30.7 Å². The Bertz CT molecular complexity index is 1250. The molecule has 0 aliphatic carbocycles. The number of nitrogens with one attached hydrogen (secondary N) is 2. The minimum Gasteiger partial charge on any atom is -0.493 e. The molecule has 2 aromatic carbocycles. The Morgan fingerprint density at radius 2 is 1.87 bits per heavy atom. The molecular weight excluding hydrogens is 537 g/mol. The molecule has 39 heavy (non-hydrogen) atoms. The van der Waals surface area contributed by atoms with E-state index in [0.717, 1.165) is 5.56 Å². The molecule has 1 fully saturated rings. The molecule has 1 aliphatic heterocycles. The summed E-state index contributed by atoms with van der Waals surface area (Å²) in [4.78, 5) is 49.3. The van der Waals surface area contributed by atoms with Crippen LogP contribution in [0.2, 0.25) is 5.02 Å². The van der Waals surface area contributed by atoms with E-state index in [9.17, 15) is 23.6 Å². The summed E-state index contributed by atoms with van der Waals surface area (Å²) >= 11 is 6.25. The number of anilines is 1. The monoisotopic (exact) mass is 563 g/mol. The second-order valence-electron chi connectivity index (χ2n) is 8.48. The molecule has 0 bridgehead atoms. The Labute approximate surface area is 228 Å². The minimum atomic E-state index is -1.79. The summed E-state index contributed by atoms with van der Waals surface area (Å²) in [7, 11) is 0. The predicted molar refractivity (Wildman–Crippen MR) is 138 cm³/mol. The molecule has 2 amide bonds. The standard InChI is InChI=1S/C26H27ClFN3O8/c1-2-38-22-11-21(30-23(32)10-19(25(34)35)26(36)37)20(27)9-18(22)24(33)29-12-17-14-31(7-8-39-17)13-15-3-5-16(28)6-4-15/h3-6,9-11,17H,2,7-8,12-14H2,1H3,(H,29,33)(H,30,32)(H,34,35)(H,36,37). The topological polar surface area (TPSA) is 154 Å². The molecule has 0 spiro atoms. The fraction of sp³-hybridized carbons (Fsp3) is 0.308. The van der Waals surface area contributed by atoms with Gasteiger partial charge in [-0.25, -0.2) is 14.0 Å². The number of hydrogen-bond donors (Lipinski definition) is 4. The second kappa shape index (κ2) is 13.7. The lowest BCUT2D eigenvalue weighted by Gasteiger charge is -2.33. The van der Waals surface area contributed by atoms with Crippen LogP contribution in [0.25, 0.3) is 0 Å². The van der Waals surface area contributed by atoms with E-state index >= 15 is 0 Å². The first-order valence-electron chi connectivity index (χ1n) is 11.9. The molecule has 0 saturated carbocycles. The van der Waals surface area contributed by atoms with Crippen molar-refractivity contribution in [3.63, 3.8) is 0 Å². The number of benzene rings is 2. The van der Waals surface area contributed by atoms with Crippen LogP contribution >= 0.6 is 11.6 Å². The van der Waals surface area contributed by atoms with Gasteiger partial charge in [-0.15, -0.1) is 0 Å². The van der Waals surface area contributed by atoms with Crippen LogP contribution in [0.1, 0.15) is 22.8 Å². The van der Waals surface area contributed by atoms with Gasteiger partial charge in [0.05, 0.1) is 35.6 Å². The summed E-state index contributed by atoms with van der Waals surface area (Å²) in [6.07, 6.45) is 0.114. The third-order valence-corrected chi connectivity index (χ3v) is 5.95. The number of carboxylic acid groups (broad SMARTS) is 2. The smallest absolute Gasteiger partial charge is 0.343 e. The molecule has 1 saturated heterocycles. The highest BCUT2D eigenvalue weighted by Gasteiger charge is 2.24. The summed E-state index contributed by atoms with van der Waals surface area (Å²) in [5, 5.41) is 22.9.